The van der Waals surface area contributed by atoms with Gasteiger partial charge in [-0.05, 0) is 31.9 Å². The molecule has 8 nitrogen and oxygen atoms in total. The van der Waals surface area contributed by atoms with Gasteiger partial charge in [0.05, 0.1) is 6.04 Å². The van der Waals surface area contributed by atoms with Gasteiger partial charge >= 0.3 is 0 Å². The van der Waals surface area contributed by atoms with E-state index in [-0.39, 0.29) is 11.8 Å². The molecule has 126 valence electrons. The summed E-state index contributed by atoms with van der Waals surface area (Å²) in [6, 6.07) is 6.86. The lowest BCUT2D eigenvalue weighted by molar-refractivity contribution is 0.399. The van der Waals surface area contributed by atoms with Crippen LogP contribution in [0.1, 0.15) is 36.2 Å². The van der Waals surface area contributed by atoms with E-state index in [0.29, 0.717) is 34.7 Å². The van der Waals surface area contributed by atoms with Crippen LogP contribution >= 0.6 is 0 Å². The Morgan fingerprint density at radius 3 is 3.08 bits per heavy atom. The van der Waals surface area contributed by atoms with Gasteiger partial charge in [-0.2, -0.15) is 5.10 Å². The second-order valence-corrected chi connectivity index (χ2v) is 7.69. The lowest BCUT2D eigenvalue weighted by Crippen LogP contribution is -2.34. The molecule has 4 rings (SSSR count). The van der Waals surface area contributed by atoms with Crippen LogP contribution in [0.25, 0.3) is 11.0 Å². The Kier molecular flexibility index (Phi) is 3.61. The summed E-state index contributed by atoms with van der Waals surface area (Å²) < 4.78 is 34.8. The fourth-order valence-electron chi connectivity index (χ4n) is 3.06. The monoisotopic (exact) mass is 347 g/mol. The largest absolute Gasteiger partial charge is 0.356 e. The average Bonchev–Trinajstić information content (AvgIpc) is 3.11. The summed E-state index contributed by atoms with van der Waals surface area (Å²) in [4.78, 5) is 4.35. The van der Waals surface area contributed by atoms with E-state index in [2.05, 4.69) is 20.0 Å². The Morgan fingerprint density at radius 1 is 1.38 bits per heavy atom. The predicted molar refractivity (Wildman–Crippen MR) is 86.5 cm³/mol. The smallest absolute Gasteiger partial charge is 0.218 e. The number of fused-ring (bicyclic) bond motifs is 2. The number of hydrogen-bond donors (Lipinski definition) is 1. The van der Waals surface area contributed by atoms with Crippen molar-refractivity contribution < 1.29 is 12.9 Å². The molecule has 0 saturated carbocycles. The van der Waals surface area contributed by atoms with Crippen molar-refractivity contribution >= 4 is 21.0 Å². The molecule has 1 aromatic carbocycles. The molecule has 24 heavy (non-hydrogen) atoms. The van der Waals surface area contributed by atoms with Gasteiger partial charge in [0.15, 0.2) is 5.58 Å². The molecule has 1 atom stereocenters. The molecule has 3 aromatic rings. The first-order chi connectivity index (χ1) is 11.5. The first kappa shape index (κ1) is 15.3. The van der Waals surface area contributed by atoms with Gasteiger partial charge in [-0.25, -0.2) is 22.8 Å². The maximum Gasteiger partial charge on any atom is 0.218 e. The molecular weight excluding hydrogens is 330 g/mol. The summed E-state index contributed by atoms with van der Waals surface area (Å²) in [5, 5.41) is 8.90. The minimum Gasteiger partial charge on any atom is -0.356 e. The minimum absolute atomic E-state index is 0.229. The zero-order valence-corrected chi connectivity index (χ0v) is 14.0. The summed E-state index contributed by atoms with van der Waals surface area (Å²) in [5.41, 5.74) is 0.988. The third-order valence-corrected chi connectivity index (χ3v) is 5.38. The van der Waals surface area contributed by atoms with Crippen LogP contribution in [0.5, 0.6) is 0 Å². The lowest BCUT2D eigenvalue weighted by Gasteiger charge is -2.22. The van der Waals surface area contributed by atoms with E-state index in [1.54, 1.807) is 23.7 Å². The van der Waals surface area contributed by atoms with Crippen molar-refractivity contribution in [1.29, 1.82) is 0 Å². The average molecular weight is 347 g/mol. The molecule has 0 unspecified atom stereocenters. The number of aryl methyl sites for hydroxylation is 2. The molecule has 1 aliphatic rings. The molecule has 2 aromatic heterocycles. The van der Waals surface area contributed by atoms with Crippen molar-refractivity contribution in [3.8, 4) is 0 Å². The highest BCUT2D eigenvalue weighted by atomic mass is 32.2. The summed E-state index contributed by atoms with van der Waals surface area (Å²) in [6.45, 7) is 2.57. The zero-order valence-electron chi connectivity index (χ0n) is 13.1. The van der Waals surface area contributed by atoms with Crippen molar-refractivity contribution in [3.05, 3.63) is 41.6 Å². The van der Waals surface area contributed by atoms with E-state index in [1.165, 1.54) is 0 Å². The molecule has 0 aliphatic carbocycles. The topological polar surface area (TPSA) is 103 Å². The molecule has 0 amide bonds. The Morgan fingerprint density at radius 2 is 2.21 bits per heavy atom. The van der Waals surface area contributed by atoms with Gasteiger partial charge in [0.25, 0.3) is 0 Å². The quantitative estimate of drug-likeness (QED) is 0.770. The van der Waals surface area contributed by atoms with E-state index in [4.69, 9.17) is 4.52 Å². The number of sulfonamides is 1. The van der Waals surface area contributed by atoms with E-state index in [1.807, 2.05) is 12.1 Å². The summed E-state index contributed by atoms with van der Waals surface area (Å²) in [6.07, 6.45) is 1.56. The Hall–Kier alpha value is -2.26. The van der Waals surface area contributed by atoms with Crippen molar-refractivity contribution in [2.45, 2.75) is 38.1 Å². The predicted octanol–water partition coefficient (Wildman–Crippen LogP) is 1.68. The van der Waals surface area contributed by atoms with Gasteiger partial charge < -0.3 is 4.52 Å². The van der Waals surface area contributed by atoms with Crippen LogP contribution in [0.2, 0.25) is 0 Å². The Bertz CT molecular complexity index is 992. The van der Waals surface area contributed by atoms with Gasteiger partial charge in [0.1, 0.15) is 23.1 Å². The van der Waals surface area contributed by atoms with Gasteiger partial charge in [-0.3, -0.25) is 0 Å². The van der Waals surface area contributed by atoms with Gasteiger partial charge in [0, 0.05) is 11.9 Å². The molecule has 3 heterocycles. The van der Waals surface area contributed by atoms with Gasteiger partial charge in [-0.1, -0.05) is 17.3 Å². The molecule has 0 fully saturated rings. The number of benzene rings is 1. The SMILES string of the molecule is Cc1nc2n(n1)CCC[C@@H]2NS(=O)(=O)Cc1noc2ccccc12. The van der Waals surface area contributed by atoms with Gasteiger partial charge in [0.2, 0.25) is 10.0 Å². The highest BCUT2D eigenvalue weighted by molar-refractivity contribution is 7.88. The van der Waals surface area contributed by atoms with Crippen molar-refractivity contribution in [2.24, 2.45) is 0 Å². The molecule has 9 heteroatoms. The third kappa shape index (κ3) is 2.80. The number of para-hydroxylation sites is 1. The fraction of sp³-hybridized carbons (Fsp3) is 0.400. The third-order valence-electron chi connectivity index (χ3n) is 4.08. The van der Waals surface area contributed by atoms with E-state index in [9.17, 15) is 8.42 Å². The van der Waals surface area contributed by atoms with Crippen LogP contribution < -0.4 is 4.72 Å². The minimum atomic E-state index is -3.58. The number of hydrogen-bond acceptors (Lipinski definition) is 6. The fourth-order valence-corrected chi connectivity index (χ4v) is 4.37. The number of nitrogens with one attached hydrogen (secondary N) is 1. The Balaban J connectivity index is 1.58. The second-order valence-electron chi connectivity index (χ2n) is 5.94. The second kappa shape index (κ2) is 5.67. The van der Waals surface area contributed by atoms with Crippen molar-refractivity contribution in [2.75, 3.05) is 0 Å². The van der Waals surface area contributed by atoms with Crippen molar-refractivity contribution in [1.82, 2.24) is 24.6 Å². The molecular formula is C15H17N5O3S. The van der Waals surface area contributed by atoms with Gasteiger partial charge in [-0.15, -0.1) is 0 Å². The highest BCUT2D eigenvalue weighted by Crippen LogP contribution is 2.25. The van der Waals surface area contributed by atoms with E-state index < -0.39 is 10.0 Å². The molecule has 1 aliphatic heterocycles. The number of rotatable bonds is 4. The molecule has 0 saturated heterocycles. The first-order valence-corrected chi connectivity index (χ1v) is 9.42. The molecule has 0 bridgehead atoms. The highest BCUT2D eigenvalue weighted by Gasteiger charge is 2.28. The first-order valence-electron chi connectivity index (χ1n) is 7.76. The van der Waals surface area contributed by atoms with Crippen LogP contribution in [0.3, 0.4) is 0 Å². The van der Waals surface area contributed by atoms with E-state index >= 15 is 0 Å². The van der Waals surface area contributed by atoms with E-state index in [0.717, 1.165) is 13.0 Å². The summed E-state index contributed by atoms with van der Waals surface area (Å²) in [7, 11) is -3.58. The van der Waals surface area contributed by atoms with Crippen LogP contribution in [0.15, 0.2) is 28.8 Å². The lowest BCUT2D eigenvalue weighted by atomic mass is 10.1. The molecule has 0 radical (unpaired) electrons. The summed E-state index contributed by atoms with van der Waals surface area (Å²) >= 11 is 0. The standard InChI is InChI=1S/C15H17N5O3S/c1-10-16-15-12(6-4-8-20(15)17-10)19-24(21,22)9-13-11-5-2-3-7-14(11)23-18-13/h2-3,5,7,12,19H,4,6,8-9H2,1H3/t12-/m0/s1. The van der Waals surface area contributed by atoms with Crippen LogP contribution in [-0.4, -0.2) is 28.3 Å². The zero-order chi connectivity index (χ0) is 16.7. The van der Waals surface area contributed by atoms with Crippen LogP contribution in [0, 0.1) is 6.92 Å². The van der Waals surface area contributed by atoms with Crippen LogP contribution in [-0.2, 0) is 22.3 Å². The maximum absolute atomic E-state index is 12.6. The number of aromatic nitrogens is 4. The molecule has 0 spiro atoms. The number of nitrogens with zero attached hydrogens (tertiary/aromatic N) is 4. The van der Waals surface area contributed by atoms with Crippen molar-refractivity contribution in [3.63, 3.8) is 0 Å². The maximum atomic E-state index is 12.6. The summed E-state index contributed by atoms with van der Waals surface area (Å²) in [5.74, 6) is 1.10. The molecule has 1 N–H and O–H groups in total. The normalized spacial score (nSPS) is 18.0. The van der Waals surface area contributed by atoms with Crippen LogP contribution in [0.4, 0.5) is 0 Å². The Labute approximate surface area is 138 Å².